The lowest BCUT2D eigenvalue weighted by molar-refractivity contribution is 0.0668. The van der Waals surface area contributed by atoms with Gasteiger partial charge in [-0.25, -0.2) is 4.68 Å². The summed E-state index contributed by atoms with van der Waals surface area (Å²) in [4.78, 5) is 28.5. The lowest BCUT2D eigenvalue weighted by Crippen LogP contribution is -2.43. The topological polar surface area (TPSA) is 68.3 Å². The molecule has 2 fully saturated rings. The van der Waals surface area contributed by atoms with Gasteiger partial charge >= 0.3 is 0 Å². The number of rotatable bonds is 4. The van der Waals surface area contributed by atoms with Crippen LogP contribution in [0.2, 0.25) is 0 Å². The highest BCUT2D eigenvalue weighted by atomic mass is 32.1. The predicted molar refractivity (Wildman–Crippen MR) is 111 cm³/mol. The van der Waals surface area contributed by atoms with Crippen molar-refractivity contribution < 1.29 is 9.21 Å². The van der Waals surface area contributed by atoms with Crippen LogP contribution in [0.5, 0.6) is 0 Å². The fourth-order valence-electron chi connectivity index (χ4n) is 4.04. The SMILES string of the molecule is Cc1oc(C2CC2)cc1C(=O)N1CCCC(n2nc(-c3cccs3)ccc2=O)C1. The molecule has 0 N–H and O–H groups in total. The maximum absolute atomic E-state index is 13.2. The monoisotopic (exact) mass is 409 g/mol. The molecule has 0 radical (unpaired) electrons. The van der Waals surface area contributed by atoms with E-state index in [0.717, 1.165) is 42.0 Å². The first-order valence-electron chi connectivity index (χ1n) is 10.1. The number of furan rings is 1. The molecule has 0 bridgehead atoms. The van der Waals surface area contributed by atoms with E-state index >= 15 is 0 Å². The Hall–Kier alpha value is -2.67. The Balaban J connectivity index is 1.39. The number of thiophene rings is 1. The summed E-state index contributed by atoms with van der Waals surface area (Å²) in [6.07, 6.45) is 3.96. The van der Waals surface area contributed by atoms with Crippen LogP contribution in [-0.2, 0) is 0 Å². The Bertz CT molecular complexity index is 1090. The van der Waals surface area contributed by atoms with Gasteiger partial charge in [-0.3, -0.25) is 9.59 Å². The molecule has 1 saturated heterocycles. The minimum Gasteiger partial charge on any atom is -0.465 e. The summed E-state index contributed by atoms with van der Waals surface area (Å²) in [5.41, 5.74) is 1.32. The standard InChI is InChI=1S/C22H23N3O3S/c1-14-17(12-19(28-14)15-6-7-15)22(27)24-10-2-4-16(13-24)25-21(26)9-8-18(23-25)20-5-3-11-29-20/h3,5,8-9,11-12,15-16H,2,4,6-7,10,13H2,1H3. The zero-order valence-corrected chi connectivity index (χ0v) is 17.2. The average molecular weight is 410 g/mol. The number of carbonyl (C=O) groups excluding carboxylic acids is 1. The predicted octanol–water partition coefficient (Wildman–Crippen LogP) is 4.23. The summed E-state index contributed by atoms with van der Waals surface area (Å²) in [5, 5.41) is 6.61. The number of nitrogens with zero attached hydrogens (tertiary/aromatic N) is 3. The molecule has 5 rings (SSSR count). The molecule has 1 amide bonds. The van der Waals surface area contributed by atoms with Gasteiger partial charge < -0.3 is 9.32 Å². The highest BCUT2D eigenvalue weighted by molar-refractivity contribution is 7.13. The summed E-state index contributed by atoms with van der Waals surface area (Å²) >= 11 is 1.60. The van der Waals surface area contributed by atoms with Crippen molar-refractivity contribution in [3.05, 3.63) is 63.1 Å². The van der Waals surface area contributed by atoms with E-state index in [0.29, 0.717) is 30.3 Å². The molecule has 29 heavy (non-hydrogen) atoms. The molecule has 0 aromatic carbocycles. The van der Waals surface area contributed by atoms with Crippen LogP contribution >= 0.6 is 11.3 Å². The van der Waals surface area contributed by atoms with Crippen LogP contribution in [0.1, 0.15) is 59.5 Å². The van der Waals surface area contributed by atoms with Gasteiger partial charge in [0, 0.05) is 25.1 Å². The molecule has 3 aromatic rings. The number of hydrogen-bond donors (Lipinski definition) is 0. The van der Waals surface area contributed by atoms with E-state index in [1.807, 2.05) is 35.4 Å². The summed E-state index contributed by atoms with van der Waals surface area (Å²) in [6, 6.07) is 9.12. The lowest BCUT2D eigenvalue weighted by Gasteiger charge is -2.33. The maximum atomic E-state index is 13.2. The molecule has 2 aliphatic rings. The number of hydrogen-bond acceptors (Lipinski definition) is 5. The Morgan fingerprint density at radius 3 is 2.86 bits per heavy atom. The third-order valence-corrected chi connectivity index (χ3v) is 6.67. The molecule has 150 valence electrons. The number of aromatic nitrogens is 2. The highest BCUT2D eigenvalue weighted by Crippen LogP contribution is 2.41. The molecule has 1 aliphatic heterocycles. The van der Waals surface area contributed by atoms with Crippen LogP contribution in [0.15, 0.2) is 44.9 Å². The molecular formula is C22H23N3O3S. The first-order valence-corrected chi connectivity index (χ1v) is 11.0. The Morgan fingerprint density at radius 1 is 1.24 bits per heavy atom. The molecule has 1 unspecified atom stereocenters. The van der Waals surface area contributed by atoms with Crippen molar-refractivity contribution >= 4 is 17.2 Å². The molecule has 1 atom stereocenters. The van der Waals surface area contributed by atoms with Crippen molar-refractivity contribution in [2.24, 2.45) is 0 Å². The van der Waals surface area contributed by atoms with Gasteiger partial charge in [-0.1, -0.05) is 6.07 Å². The number of likely N-dealkylation sites (tertiary alicyclic amines) is 1. The van der Waals surface area contributed by atoms with Crippen LogP contribution < -0.4 is 5.56 Å². The third kappa shape index (κ3) is 3.55. The van der Waals surface area contributed by atoms with Crippen molar-refractivity contribution in [2.45, 2.75) is 44.6 Å². The van der Waals surface area contributed by atoms with E-state index in [2.05, 4.69) is 5.10 Å². The third-order valence-electron chi connectivity index (χ3n) is 5.78. The van der Waals surface area contributed by atoms with Crippen molar-refractivity contribution in [2.75, 3.05) is 13.1 Å². The van der Waals surface area contributed by atoms with E-state index in [9.17, 15) is 9.59 Å². The van der Waals surface area contributed by atoms with Gasteiger partial charge in [-0.05, 0) is 56.2 Å². The zero-order chi connectivity index (χ0) is 20.0. The Kier molecular flexibility index (Phi) is 4.62. The first-order chi connectivity index (χ1) is 14.1. The lowest BCUT2D eigenvalue weighted by atomic mass is 10.0. The number of carbonyl (C=O) groups is 1. The van der Waals surface area contributed by atoms with Gasteiger partial charge in [0.05, 0.1) is 16.5 Å². The van der Waals surface area contributed by atoms with Crippen LogP contribution in [0.3, 0.4) is 0 Å². The molecule has 3 aromatic heterocycles. The van der Waals surface area contributed by atoms with Crippen molar-refractivity contribution in [3.8, 4) is 10.6 Å². The van der Waals surface area contributed by atoms with Crippen LogP contribution in [0.4, 0.5) is 0 Å². The summed E-state index contributed by atoms with van der Waals surface area (Å²) in [5.74, 6) is 2.09. The van der Waals surface area contributed by atoms with Gasteiger partial charge in [0.15, 0.2) is 0 Å². The minimum absolute atomic E-state index is 0.00897. The first kappa shape index (κ1) is 18.4. The van der Waals surface area contributed by atoms with Crippen molar-refractivity contribution in [1.29, 1.82) is 0 Å². The van der Waals surface area contributed by atoms with Gasteiger partial charge in [0.2, 0.25) is 0 Å². The number of piperidine rings is 1. The summed E-state index contributed by atoms with van der Waals surface area (Å²) in [7, 11) is 0. The maximum Gasteiger partial charge on any atom is 0.267 e. The quantitative estimate of drug-likeness (QED) is 0.647. The summed E-state index contributed by atoms with van der Waals surface area (Å²) in [6.45, 7) is 3.04. The molecule has 7 heteroatoms. The molecule has 1 aliphatic carbocycles. The molecule has 4 heterocycles. The van der Waals surface area contributed by atoms with Gasteiger partial charge in [0.25, 0.3) is 11.5 Å². The van der Waals surface area contributed by atoms with E-state index in [-0.39, 0.29) is 17.5 Å². The zero-order valence-electron chi connectivity index (χ0n) is 16.3. The second kappa shape index (κ2) is 7.30. The van der Waals surface area contributed by atoms with E-state index in [1.165, 1.54) is 0 Å². The van der Waals surface area contributed by atoms with Crippen LogP contribution in [-0.4, -0.2) is 33.7 Å². The smallest absolute Gasteiger partial charge is 0.267 e. The molecular weight excluding hydrogens is 386 g/mol. The van der Waals surface area contributed by atoms with Crippen molar-refractivity contribution in [3.63, 3.8) is 0 Å². The minimum atomic E-state index is -0.125. The normalized spacial score (nSPS) is 19.5. The van der Waals surface area contributed by atoms with Gasteiger partial charge in [-0.15, -0.1) is 11.3 Å². The van der Waals surface area contributed by atoms with E-state index < -0.39 is 0 Å². The summed E-state index contributed by atoms with van der Waals surface area (Å²) < 4.78 is 7.39. The van der Waals surface area contributed by atoms with Crippen molar-refractivity contribution in [1.82, 2.24) is 14.7 Å². The molecule has 1 saturated carbocycles. The Morgan fingerprint density at radius 2 is 2.10 bits per heavy atom. The van der Waals surface area contributed by atoms with Gasteiger partial charge in [-0.2, -0.15) is 5.10 Å². The fraction of sp³-hybridized carbons (Fsp3) is 0.409. The average Bonchev–Trinajstić information content (AvgIpc) is 3.29. The van der Waals surface area contributed by atoms with E-state index in [4.69, 9.17) is 4.42 Å². The second-order valence-corrected chi connectivity index (χ2v) is 8.87. The van der Waals surface area contributed by atoms with Crippen LogP contribution in [0.25, 0.3) is 10.6 Å². The Labute approximate surface area is 172 Å². The fourth-order valence-corrected chi connectivity index (χ4v) is 4.73. The molecule has 0 spiro atoms. The number of aryl methyl sites for hydroxylation is 1. The van der Waals surface area contributed by atoms with E-state index in [1.54, 1.807) is 28.2 Å². The second-order valence-electron chi connectivity index (χ2n) is 7.92. The molecule has 6 nitrogen and oxygen atoms in total. The van der Waals surface area contributed by atoms with Crippen LogP contribution in [0, 0.1) is 6.92 Å². The van der Waals surface area contributed by atoms with Gasteiger partial charge in [0.1, 0.15) is 17.2 Å². The number of amides is 1. The highest BCUT2D eigenvalue weighted by Gasteiger charge is 2.32. The largest absolute Gasteiger partial charge is 0.465 e.